The normalized spacial score (nSPS) is 10.3. The molecule has 0 spiro atoms. The summed E-state index contributed by atoms with van der Waals surface area (Å²) < 4.78 is 13.5. The van der Waals surface area contributed by atoms with E-state index in [4.69, 9.17) is 11.6 Å². The Bertz CT molecular complexity index is 578. The predicted octanol–water partition coefficient (Wildman–Crippen LogP) is 4.27. The zero-order valence-corrected chi connectivity index (χ0v) is 9.96. The van der Waals surface area contributed by atoms with Crippen LogP contribution in [0.1, 0.15) is 15.9 Å². The lowest BCUT2D eigenvalue weighted by Crippen LogP contribution is -1.90. The maximum atomic E-state index is 13.5. The molecule has 0 aliphatic carbocycles. The SMILES string of the molecule is Cc1ccc(-c2cc(Cl)ccc2C=O)cc1F. The lowest BCUT2D eigenvalue weighted by molar-refractivity contribution is 0.112. The summed E-state index contributed by atoms with van der Waals surface area (Å²) in [5.74, 6) is -0.292. The first-order chi connectivity index (χ1) is 8.11. The van der Waals surface area contributed by atoms with Gasteiger partial charge in [-0.1, -0.05) is 23.7 Å². The number of carbonyl (C=O) groups excluding carboxylic acids is 1. The molecular weight excluding hydrogens is 239 g/mol. The molecule has 0 saturated carbocycles. The largest absolute Gasteiger partial charge is 0.298 e. The molecule has 0 amide bonds. The van der Waals surface area contributed by atoms with Crippen molar-refractivity contribution in [1.29, 1.82) is 0 Å². The minimum Gasteiger partial charge on any atom is -0.298 e. The van der Waals surface area contributed by atoms with Crippen molar-refractivity contribution in [2.45, 2.75) is 6.92 Å². The van der Waals surface area contributed by atoms with Crippen molar-refractivity contribution in [3.05, 3.63) is 58.4 Å². The molecule has 0 heterocycles. The van der Waals surface area contributed by atoms with Crippen LogP contribution in [0.4, 0.5) is 4.39 Å². The molecule has 0 saturated heterocycles. The van der Waals surface area contributed by atoms with Crippen LogP contribution in [0.15, 0.2) is 36.4 Å². The fourth-order valence-corrected chi connectivity index (χ4v) is 1.81. The molecule has 1 nitrogen and oxygen atoms in total. The van der Waals surface area contributed by atoms with Gasteiger partial charge in [-0.05, 0) is 47.9 Å². The fourth-order valence-electron chi connectivity index (χ4n) is 1.64. The van der Waals surface area contributed by atoms with Gasteiger partial charge in [-0.25, -0.2) is 4.39 Å². The predicted molar refractivity (Wildman–Crippen MR) is 67.0 cm³/mol. The van der Waals surface area contributed by atoms with Crippen LogP contribution in [0.5, 0.6) is 0 Å². The minimum atomic E-state index is -0.292. The summed E-state index contributed by atoms with van der Waals surface area (Å²) in [5.41, 5.74) is 2.37. The van der Waals surface area contributed by atoms with E-state index in [2.05, 4.69) is 0 Å². The summed E-state index contributed by atoms with van der Waals surface area (Å²) in [5, 5.41) is 0.520. The summed E-state index contributed by atoms with van der Waals surface area (Å²) in [7, 11) is 0. The van der Waals surface area contributed by atoms with Crippen molar-refractivity contribution in [2.75, 3.05) is 0 Å². The van der Waals surface area contributed by atoms with Crippen molar-refractivity contribution in [1.82, 2.24) is 0 Å². The lowest BCUT2D eigenvalue weighted by atomic mass is 9.99. The number of hydrogen-bond acceptors (Lipinski definition) is 1. The molecule has 0 bridgehead atoms. The van der Waals surface area contributed by atoms with Gasteiger partial charge in [0, 0.05) is 10.6 Å². The second-order valence-corrected chi connectivity index (χ2v) is 4.25. The van der Waals surface area contributed by atoms with Gasteiger partial charge >= 0.3 is 0 Å². The van der Waals surface area contributed by atoms with Crippen LogP contribution in [0, 0.1) is 12.7 Å². The van der Waals surface area contributed by atoms with Gasteiger partial charge in [-0.2, -0.15) is 0 Å². The zero-order chi connectivity index (χ0) is 12.4. The Morgan fingerprint density at radius 1 is 1.18 bits per heavy atom. The van der Waals surface area contributed by atoms with Gasteiger partial charge in [0.05, 0.1) is 0 Å². The van der Waals surface area contributed by atoms with E-state index in [-0.39, 0.29) is 5.82 Å². The van der Waals surface area contributed by atoms with E-state index in [1.54, 1.807) is 37.3 Å². The molecule has 2 aromatic carbocycles. The van der Waals surface area contributed by atoms with Crippen LogP contribution in [-0.2, 0) is 0 Å². The van der Waals surface area contributed by atoms with E-state index in [0.717, 1.165) is 6.29 Å². The Labute approximate surface area is 104 Å². The number of aldehydes is 1. The Hall–Kier alpha value is -1.67. The highest BCUT2D eigenvalue weighted by atomic mass is 35.5. The first-order valence-corrected chi connectivity index (χ1v) is 5.51. The van der Waals surface area contributed by atoms with E-state index in [0.29, 0.717) is 27.3 Å². The summed E-state index contributed by atoms with van der Waals surface area (Å²) in [6.07, 6.45) is 0.740. The van der Waals surface area contributed by atoms with Gasteiger partial charge < -0.3 is 0 Å². The highest BCUT2D eigenvalue weighted by Crippen LogP contribution is 2.27. The maximum Gasteiger partial charge on any atom is 0.150 e. The van der Waals surface area contributed by atoms with Crippen LogP contribution >= 0.6 is 11.6 Å². The molecule has 0 N–H and O–H groups in total. The van der Waals surface area contributed by atoms with Crippen molar-refractivity contribution in [3.63, 3.8) is 0 Å². The molecule has 0 aromatic heterocycles. The molecular formula is C14H10ClFO. The van der Waals surface area contributed by atoms with Gasteiger partial charge in [-0.3, -0.25) is 4.79 Å². The van der Waals surface area contributed by atoms with Crippen molar-refractivity contribution in [2.24, 2.45) is 0 Å². The Kier molecular flexibility index (Phi) is 3.25. The molecule has 2 rings (SSSR count). The van der Waals surface area contributed by atoms with Gasteiger partial charge in [-0.15, -0.1) is 0 Å². The molecule has 3 heteroatoms. The Morgan fingerprint density at radius 2 is 1.94 bits per heavy atom. The van der Waals surface area contributed by atoms with Crippen LogP contribution in [0.3, 0.4) is 0 Å². The number of carbonyl (C=O) groups is 1. The molecule has 0 radical (unpaired) electrons. The maximum absolute atomic E-state index is 13.5. The van der Waals surface area contributed by atoms with Crippen LogP contribution in [-0.4, -0.2) is 6.29 Å². The third-order valence-electron chi connectivity index (χ3n) is 2.63. The molecule has 0 aliphatic heterocycles. The van der Waals surface area contributed by atoms with Gasteiger partial charge in [0.25, 0.3) is 0 Å². The number of aryl methyl sites for hydroxylation is 1. The molecule has 0 fully saturated rings. The second-order valence-electron chi connectivity index (χ2n) is 3.81. The van der Waals surface area contributed by atoms with Gasteiger partial charge in [0.15, 0.2) is 6.29 Å². The number of rotatable bonds is 2. The molecule has 86 valence electrons. The standard InChI is InChI=1S/C14H10ClFO/c1-9-2-3-10(6-14(9)16)13-7-12(15)5-4-11(13)8-17/h2-8H,1H3. The van der Waals surface area contributed by atoms with Crippen LogP contribution in [0.2, 0.25) is 5.02 Å². The van der Waals surface area contributed by atoms with Crippen LogP contribution in [0.25, 0.3) is 11.1 Å². The van der Waals surface area contributed by atoms with Crippen LogP contribution < -0.4 is 0 Å². The second kappa shape index (κ2) is 4.68. The molecule has 0 atom stereocenters. The summed E-state index contributed by atoms with van der Waals surface area (Å²) >= 11 is 5.89. The third-order valence-corrected chi connectivity index (χ3v) is 2.86. The van der Waals surface area contributed by atoms with Crippen molar-refractivity contribution >= 4 is 17.9 Å². The fraction of sp³-hybridized carbons (Fsp3) is 0.0714. The smallest absolute Gasteiger partial charge is 0.150 e. The van der Waals surface area contributed by atoms with E-state index in [9.17, 15) is 9.18 Å². The van der Waals surface area contributed by atoms with E-state index in [1.807, 2.05) is 0 Å². The average Bonchev–Trinajstić information content (AvgIpc) is 2.32. The average molecular weight is 249 g/mol. The van der Waals surface area contributed by atoms with Gasteiger partial charge in [0.2, 0.25) is 0 Å². The first kappa shape index (κ1) is 11.8. The summed E-state index contributed by atoms with van der Waals surface area (Å²) in [6, 6.07) is 9.79. The van der Waals surface area contributed by atoms with Crippen molar-refractivity contribution in [3.8, 4) is 11.1 Å². The first-order valence-electron chi connectivity index (χ1n) is 5.13. The topological polar surface area (TPSA) is 17.1 Å². The van der Waals surface area contributed by atoms with E-state index >= 15 is 0 Å². The van der Waals surface area contributed by atoms with E-state index < -0.39 is 0 Å². The quantitative estimate of drug-likeness (QED) is 0.726. The monoisotopic (exact) mass is 248 g/mol. The Morgan fingerprint density at radius 3 is 2.59 bits per heavy atom. The summed E-state index contributed by atoms with van der Waals surface area (Å²) in [4.78, 5) is 10.9. The number of hydrogen-bond donors (Lipinski definition) is 0. The highest BCUT2D eigenvalue weighted by Gasteiger charge is 2.07. The number of benzene rings is 2. The zero-order valence-electron chi connectivity index (χ0n) is 9.21. The molecule has 17 heavy (non-hydrogen) atoms. The summed E-state index contributed by atoms with van der Waals surface area (Å²) in [6.45, 7) is 1.69. The minimum absolute atomic E-state index is 0.292. The van der Waals surface area contributed by atoms with Crippen molar-refractivity contribution < 1.29 is 9.18 Å². The highest BCUT2D eigenvalue weighted by molar-refractivity contribution is 6.31. The molecule has 0 unspecified atom stereocenters. The molecule has 0 aliphatic rings. The van der Waals surface area contributed by atoms with Gasteiger partial charge in [0.1, 0.15) is 5.82 Å². The number of halogens is 2. The van der Waals surface area contributed by atoms with E-state index in [1.165, 1.54) is 6.07 Å². The third kappa shape index (κ3) is 2.37. The Balaban J connectivity index is 2.62. The lowest BCUT2D eigenvalue weighted by Gasteiger charge is -2.07. The molecule has 2 aromatic rings.